The van der Waals surface area contributed by atoms with Crippen LogP contribution in [0.3, 0.4) is 0 Å². The Morgan fingerprint density at radius 3 is 2.65 bits per heavy atom. The molecule has 31 heavy (non-hydrogen) atoms. The van der Waals surface area contributed by atoms with Gasteiger partial charge in [0.05, 0.1) is 0 Å². The summed E-state index contributed by atoms with van der Waals surface area (Å²) in [7, 11) is 0. The number of benzene rings is 2. The Bertz CT molecular complexity index is 878. The Labute approximate surface area is 187 Å². The van der Waals surface area contributed by atoms with Gasteiger partial charge in [-0.15, -0.1) is 0 Å². The molecule has 1 aliphatic rings. The SMILES string of the molecule is CCNC(=NCC1CC(=O)N(CCc2ccccc2)C1)NCCc1ccc(C)cc1C. The Morgan fingerprint density at radius 1 is 1.10 bits per heavy atom. The van der Waals surface area contributed by atoms with Crippen LogP contribution in [-0.2, 0) is 17.6 Å². The number of carbonyl (C=O) groups excluding carboxylic acids is 1. The molecular weight excluding hydrogens is 384 g/mol. The predicted octanol–water partition coefficient (Wildman–Crippen LogP) is 3.49. The minimum atomic E-state index is 0.254. The fourth-order valence-electron chi connectivity index (χ4n) is 4.11. The van der Waals surface area contributed by atoms with E-state index < -0.39 is 0 Å². The van der Waals surface area contributed by atoms with Crippen LogP contribution < -0.4 is 10.6 Å². The first kappa shape index (κ1) is 22.9. The van der Waals surface area contributed by atoms with E-state index in [1.807, 2.05) is 23.1 Å². The summed E-state index contributed by atoms with van der Waals surface area (Å²) in [6, 6.07) is 17.0. The number of guanidine groups is 1. The van der Waals surface area contributed by atoms with Gasteiger partial charge in [0.2, 0.25) is 5.91 Å². The highest BCUT2D eigenvalue weighted by atomic mass is 16.2. The summed E-state index contributed by atoms with van der Waals surface area (Å²) in [4.78, 5) is 19.2. The molecule has 0 bridgehead atoms. The molecule has 2 aromatic rings. The number of hydrogen-bond acceptors (Lipinski definition) is 2. The van der Waals surface area contributed by atoms with Gasteiger partial charge in [-0.3, -0.25) is 9.79 Å². The highest BCUT2D eigenvalue weighted by Crippen LogP contribution is 2.18. The largest absolute Gasteiger partial charge is 0.357 e. The van der Waals surface area contributed by atoms with Gasteiger partial charge in [0, 0.05) is 45.1 Å². The summed E-state index contributed by atoms with van der Waals surface area (Å²) in [6.45, 7) is 10.3. The normalized spacial score (nSPS) is 16.6. The van der Waals surface area contributed by atoms with E-state index in [2.05, 4.69) is 61.7 Å². The van der Waals surface area contributed by atoms with Gasteiger partial charge in [0.1, 0.15) is 0 Å². The molecule has 1 saturated heterocycles. The fourth-order valence-corrected chi connectivity index (χ4v) is 4.11. The number of nitrogens with one attached hydrogen (secondary N) is 2. The second kappa shape index (κ2) is 11.5. The quantitative estimate of drug-likeness (QED) is 0.482. The van der Waals surface area contributed by atoms with Crippen LogP contribution in [-0.4, -0.2) is 49.5 Å². The van der Waals surface area contributed by atoms with E-state index in [9.17, 15) is 4.79 Å². The van der Waals surface area contributed by atoms with Crippen LogP contribution in [0.25, 0.3) is 0 Å². The van der Waals surface area contributed by atoms with E-state index in [1.165, 1.54) is 22.3 Å². The molecule has 0 saturated carbocycles. The number of likely N-dealkylation sites (tertiary alicyclic amines) is 1. The molecule has 166 valence electrons. The number of aliphatic imine (C=N–C) groups is 1. The third kappa shape index (κ3) is 7.12. The molecule has 1 unspecified atom stereocenters. The van der Waals surface area contributed by atoms with Crippen LogP contribution in [0.5, 0.6) is 0 Å². The minimum absolute atomic E-state index is 0.254. The third-order valence-electron chi connectivity index (χ3n) is 5.84. The van der Waals surface area contributed by atoms with Crippen molar-refractivity contribution in [1.29, 1.82) is 0 Å². The molecule has 2 aromatic carbocycles. The fraction of sp³-hybridized carbons (Fsp3) is 0.462. The molecule has 1 amide bonds. The van der Waals surface area contributed by atoms with Crippen LogP contribution >= 0.6 is 0 Å². The lowest BCUT2D eigenvalue weighted by Gasteiger charge is -2.16. The van der Waals surface area contributed by atoms with E-state index in [1.54, 1.807) is 0 Å². The molecular formula is C26H36N4O. The molecule has 1 fully saturated rings. The standard InChI is InChI=1S/C26H36N4O/c1-4-27-26(28-14-12-24-11-10-20(2)16-21(24)3)29-18-23-17-25(31)30(19-23)15-13-22-8-6-5-7-9-22/h5-11,16,23H,4,12-15,17-19H2,1-3H3,(H2,27,28,29). The van der Waals surface area contributed by atoms with E-state index in [-0.39, 0.29) is 11.8 Å². The summed E-state index contributed by atoms with van der Waals surface area (Å²) in [6.07, 6.45) is 2.47. The van der Waals surface area contributed by atoms with Crippen LogP contribution in [0.4, 0.5) is 0 Å². The average Bonchev–Trinajstić information content (AvgIpc) is 3.12. The third-order valence-corrected chi connectivity index (χ3v) is 5.84. The van der Waals surface area contributed by atoms with Crippen LogP contribution in [0.15, 0.2) is 53.5 Å². The van der Waals surface area contributed by atoms with Gasteiger partial charge in [-0.2, -0.15) is 0 Å². The van der Waals surface area contributed by atoms with Gasteiger partial charge in [0.15, 0.2) is 5.96 Å². The van der Waals surface area contributed by atoms with E-state index in [4.69, 9.17) is 4.99 Å². The van der Waals surface area contributed by atoms with Gasteiger partial charge >= 0.3 is 0 Å². The zero-order valence-electron chi connectivity index (χ0n) is 19.2. The van der Waals surface area contributed by atoms with E-state index >= 15 is 0 Å². The number of hydrogen-bond donors (Lipinski definition) is 2. The lowest BCUT2D eigenvalue weighted by Crippen LogP contribution is -2.38. The highest BCUT2D eigenvalue weighted by molar-refractivity contribution is 5.80. The summed E-state index contributed by atoms with van der Waals surface area (Å²) >= 11 is 0. The Kier molecular flexibility index (Phi) is 8.51. The van der Waals surface area contributed by atoms with Crippen LogP contribution in [0, 0.1) is 19.8 Å². The van der Waals surface area contributed by atoms with Crippen molar-refractivity contribution in [3.63, 3.8) is 0 Å². The lowest BCUT2D eigenvalue weighted by molar-refractivity contribution is -0.127. The lowest BCUT2D eigenvalue weighted by atomic mass is 10.0. The van der Waals surface area contributed by atoms with Gasteiger partial charge in [-0.25, -0.2) is 0 Å². The monoisotopic (exact) mass is 420 g/mol. The number of carbonyl (C=O) groups is 1. The van der Waals surface area contributed by atoms with Crippen molar-refractivity contribution < 1.29 is 4.79 Å². The number of amides is 1. The molecule has 0 aliphatic carbocycles. The van der Waals surface area contributed by atoms with Crippen molar-refractivity contribution in [2.24, 2.45) is 10.9 Å². The second-order valence-corrected chi connectivity index (χ2v) is 8.47. The first-order valence-corrected chi connectivity index (χ1v) is 11.4. The molecule has 1 heterocycles. The predicted molar refractivity (Wildman–Crippen MR) is 128 cm³/mol. The van der Waals surface area contributed by atoms with Crippen molar-refractivity contribution in [1.82, 2.24) is 15.5 Å². The highest BCUT2D eigenvalue weighted by Gasteiger charge is 2.28. The minimum Gasteiger partial charge on any atom is -0.357 e. The molecule has 0 radical (unpaired) electrons. The van der Waals surface area contributed by atoms with E-state index in [0.29, 0.717) is 13.0 Å². The first-order chi connectivity index (χ1) is 15.0. The number of nitrogens with zero attached hydrogens (tertiary/aromatic N) is 2. The summed E-state index contributed by atoms with van der Waals surface area (Å²) in [5, 5.41) is 6.77. The average molecular weight is 421 g/mol. The molecule has 0 aromatic heterocycles. The van der Waals surface area contributed by atoms with Gasteiger partial charge in [-0.05, 0) is 50.3 Å². The Hall–Kier alpha value is -2.82. The molecule has 1 atom stereocenters. The van der Waals surface area contributed by atoms with Gasteiger partial charge in [-0.1, -0.05) is 54.1 Å². The maximum absolute atomic E-state index is 12.4. The maximum atomic E-state index is 12.4. The molecule has 1 aliphatic heterocycles. The molecule has 2 N–H and O–H groups in total. The molecule has 0 spiro atoms. The Balaban J connectivity index is 1.46. The topological polar surface area (TPSA) is 56.7 Å². The van der Waals surface area contributed by atoms with Crippen molar-refractivity contribution in [3.05, 3.63) is 70.8 Å². The first-order valence-electron chi connectivity index (χ1n) is 11.4. The van der Waals surface area contributed by atoms with Crippen molar-refractivity contribution >= 4 is 11.9 Å². The van der Waals surface area contributed by atoms with Crippen molar-refractivity contribution in [2.45, 2.75) is 40.0 Å². The zero-order valence-corrected chi connectivity index (χ0v) is 19.2. The molecule has 5 nitrogen and oxygen atoms in total. The van der Waals surface area contributed by atoms with Crippen molar-refractivity contribution in [2.75, 3.05) is 32.7 Å². The number of aryl methyl sites for hydroxylation is 2. The Morgan fingerprint density at radius 2 is 1.90 bits per heavy atom. The van der Waals surface area contributed by atoms with Crippen molar-refractivity contribution in [3.8, 4) is 0 Å². The molecule has 3 rings (SSSR count). The van der Waals surface area contributed by atoms with Crippen LogP contribution in [0.1, 0.15) is 35.6 Å². The summed E-state index contributed by atoms with van der Waals surface area (Å²) < 4.78 is 0. The second-order valence-electron chi connectivity index (χ2n) is 8.47. The van der Waals surface area contributed by atoms with Gasteiger partial charge in [0.25, 0.3) is 0 Å². The molecule has 5 heteroatoms. The summed E-state index contributed by atoms with van der Waals surface area (Å²) in [5.74, 6) is 1.38. The van der Waals surface area contributed by atoms with Crippen LogP contribution in [0.2, 0.25) is 0 Å². The zero-order chi connectivity index (χ0) is 22.1. The van der Waals surface area contributed by atoms with E-state index in [0.717, 1.165) is 45.0 Å². The maximum Gasteiger partial charge on any atom is 0.223 e. The van der Waals surface area contributed by atoms with Gasteiger partial charge < -0.3 is 15.5 Å². The number of rotatable bonds is 9. The smallest absolute Gasteiger partial charge is 0.223 e. The summed E-state index contributed by atoms with van der Waals surface area (Å²) in [5.41, 5.74) is 5.28.